The standard InChI is InChI=1S/C20H26N2/c1-3-9-15(10-4-1)19-20(16-11-5-2-6-12-16)22-18-14-8-7-13-17(18)21-19/h7-8,13-16H,1-6,9-12H2. The maximum absolute atomic E-state index is 5.11. The van der Waals surface area contributed by atoms with Crippen LogP contribution in [0, 0.1) is 0 Å². The van der Waals surface area contributed by atoms with E-state index < -0.39 is 0 Å². The molecule has 0 saturated heterocycles. The lowest BCUT2D eigenvalue weighted by atomic mass is 9.80. The molecule has 0 amide bonds. The zero-order valence-electron chi connectivity index (χ0n) is 13.4. The minimum absolute atomic E-state index is 0.655. The molecule has 0 atom stereocenters. The Morgan fingerprint density at radius 1 is 0.591 bits per heavy atom. The van der Waals surface area contributed by atoms with Crippen molar-refractivity contribution in [2.45, 2.75) is 76.0 Å². The van der Waals surface area contributed by atoms with Gasteiger partial charge in [0.1, 0.15) is 0 Å². The second-order valence-corrected chi connectivity index (χ2v) is 7.15. The molecule has 2 saturated carbocycles. The molecule has 0 radical (unpaired) electrons. The van der Waals surface area contributed by atoms with Crippen LogP contribution < -0.4 is 0 Å². The second-order valence-electron chi connectivity index (χ2n) is 7.15. The van der Waals surface area contributed by atoms with Crippen molar-refractivity contribution in [3.8, 4) is 0 Å². The van der Waals surface area contributed by atoms with Gasteiger partial charge in [0.2, 0.25) is 0 Å². The van der Waals surface area contributed by atoms with E-state index in [1.165, 1.54) is 75.6 Å². The zero-order valence-corrected chi connectivity index (χ0v) is 13.4. The molecule has 0 bridgehead atoms. The van der Waals surface area contributed by atoms with Crippen LogP contribution in [0.5, 0.6) is 0 Å². The Bertz CT molecular complexity index is 581. The third kappa shape index (κ3) is 2.76. The average Bonchev–Trinajstić information content (AvgIpc) is 2.62. The van der Waals surface area contributed by atoms with E-state index in [2.05, 4.69) is 24.3 Å². The van der Waals surface area contributed by atoms with Crippen LogP contribution in [0.3, 0.4) is 0 Å². The maximum atomic E-state index is 5.11. The average molecular weight is 294 g/mol. The normalized spacial score (nSPS) is 21.3. The smallest absolute Gasteiger partial charge is 0.0890 e. The molecule has 0 N–H and O–H groups in total. The molecule has 2 aromatic rings. The van der Waals surface area contributed by atoms with E-state index in [1.807, 2.05) is 0 Å². The zero-order chi connectivity index (χ0) is 14.8. The van der Waals surface area contributed by atoms with Crippen LogP contribution in [0.2, 0.25) is 0 Å². The van der Waals surface area contributed by atoms with Gasteiger partial charge in [0.05, 0.1) is 22.4 Å². The van der Waals surface area contributed by atoms with Crippen LogP contribution in [-0.2, 0) is 0 Å². The maximum Gasteiger partial charge on any atom is 0.0890 e. The summed E-state index contributed by atoms with van der Waals surface area (Å²) >= 11 is 0. The summed E-state index contributed by atoms with van der Waals surface area (Å²) in [7, 11) is 0. The Balaban J connectivity index is 1.79. The highest BCUT2D eigenvalue weighted by atomic mass is 14.8. The van der Waals surface area contributed by atoms with Crippen molar-refractivity contribution in [2.75, 3.05) is 0 Å². The highest BCUT2D eigenvalue weighted by Gasteiger charge is 2.26. The van der Waals surface area contributed by atoms with Crippen LogP contribution in [0.1, 0.15) is 87.4 Å². The van der Waals surface area contributed by atoms with Crippen molar-refractivity contribution >= 4 is 11.0 Å². The van der Waals surface area contributed by atoms with Crippen LogP contribution >= 0.6 is 0 Å². The van der Waals surface area contributed by atoms with E-state index >= 15 is 0 Å². The molecular weight excluding hydrogens is 268 g/mol. The molecule has 2 fully saturated rings. The first kappa shape index (κ1) is 14.2. The Hall–Kier alpha value is -1.44. The van der Waals surface area contributed by atoms with Crippen molar-refractivity contribution in [3.05, 3.63) is 35.7 Å². The quantitative estimate of drug-likeness (QED) is 0.707. The van der Waals surface area contributed by atoms with E-state index in [1.54, 1.807) is 0 Å². The number of rotatable bonds is 2. The Morgan fingerprint density at radius 3 is 1.41 bits per heavy atom. The number of fused-ring (bicyclic) bond motifs is 1. The minimum Gasteiger partial charge on any atom is -0.249 e. The predicted octanol–water partition coefficient (Wildman–Crippen LogP) is 5.73. The number of hydrogen-bond acceptors (Lipinski definition) is 2. The van der Waals surface area contributed by atoms with Crippen LogP contribution in [-0.4, -0.2) is 9.97 Å². The van der Waals surface area contributed by atoms with Gasteiger partial charge in [-0.2, -0.15) is 0 Å². The number of nitrogens with zero attached hydrogens (tertiary/aromatic N) is 2. The summed E-state index contributed by atoms with van der Waals surface area (Å²) in [5, 5.41) is 0. The molecule has 1 aromatic carbocycles. The van der Waals surface area contributed by atoms with E-state index in [9.17, 15) is 0 Å². The predicted molar refractivity (Wildman–Crippen MR) is 91.2 cm³/mol. The monoisotopic (exact) mass is 294 g/mol. The number of aromatic nitrogens is 2. The fraction of sp³-hybridized carbons (Fsp3) is 0.600. The summed E-state index contributed by atoms with van der Waals surface area (Å²) in [6.45, 7) is 0. The molecule has 0 aliphatic heterocycles. The lowest BCUT2D eigenvalue weighted by Crippen LogP contribution is -2.16. The molecule has 1 aromatic heterocycles. The second kappa shape index (κ2) is 6.36. The van der Waals surface area contributed by atoms with Gasteiger partial charge in [-0.25, -0.2) is 9.97 Å². The molecule has 2 heteroatoms. The molecule has 2 aliphatic carbocycles. The van der Waals surface area contributed by atoms with Crippen molar-refractivity contribution in [1.29, 1.82) is 0 Å². The molecule has 1 heterocycles. The summed E-state index contributed by atoms with van der Waals surface area (Å²) in [5.74, 6) is 1.31. The van der Waals surface area contributed by atoms with Crippen molar-refractivity contribution in [3.63, 3.8) is 0 Å². The summed E-state index contributed by atoms with van der Waals surface area (Å²) in [5.41, 5.74) is 4.88. The Kier molecular flexibility index (Phi) is 4.09. The largest absolute Gasteiger partial charge is 0.249 e. The summed E-state index contributed by atoms with van der Waals surface area (Å²) in [6.07, 6.45) is 13.5. The van der Waals surface area contributed by atoms with E-state index in [-0.39, 0.29) is 0 Å². The van der Waals surface area contributed by atoms with Gasteiger partial charge in [0.25, 0.3) is 0 Å². The van der Waals surface area contributed by atoms with E-state index in [0.717, 1.165) is 11.0 Å². The van der Waals surface area contributed by atoms with Gasteiger partial charge >= 0.3 is 0 Å². The van der Waals surface area contributed by atoms with Crippen molar-refractivity contribution < 1.29 is 0 Å². The van der Waals surface area contributed by atoms with Gasteiger partial charge < -0.3 is 0 Å². The molecule has 0 unspecified atom stereocenters. The third-order valence-electron chi connectivity index (χ3n) is 5.61. The van der Waals surface area contributed by atoms with E-state index in [0.29, 0.717) is 11.8 Å². The highest BCUT2D eigenvalue weighted by molar-refractivity contribution is 5.74. The summed E-state index contributed by atoms with van der Waals surface area (Å²) < 4.78 is 0. The van der Waals surface area contributed by atoms with Crippen LogP contribution in [0.15, 0.2) is 24.3 Å². The molecule has 22 heavy (non-hydrogen) atoms. The molecule has 4 rings (SSSR count). The first-order valence-corrected chi connectivity index (χ1v) is 9.18. The molecule has 2 aliphatic rings. The molecule has 116 valence electrons. The highest BCUT2D eigenvalue weighted by Crippen LogP contribution is 2.39. The number of para-hydroxylation sites is 2. The number of benzene rings is 1. The fourth-order valence-corrected chi connectivity index (χ4v) is 4.38. The van der Waals surface area contributed by atoms with Gasteiger partial charge in [-0.1, -0.05) is 50.7 Å². The SMILES string of the molecule is c1ccc2nc(C3CCCCC3)c(C3CCCCC3)nc2c1. The summed E-state index contributed by atoms with van der Waals surface area (Å²) in [4.78, 5) is 10.2. The Morgan fingerprint density at radius 2 is 1.00 bits per heavy atom. The van der Waals surface area contributed by atoms with Crippen molar-refractivity contribution in [2.24, 2.45) is 0 Å². The van der Waals surface area contributed by atoms with Gasteiger partial charge in [-0.05, 0) is 37.8 Å². The van der Waals surface area contributed by atoms with Gasteiger partial charge in [-0.3, -0.25) is 0 Å². The van der Waals surface area contributed by atoms with Gasteiger partial charge in [-0.15, -0.1) is 0 Å². The third-order valence-corrected chi connectivity index (χ3v) is 5.61. The summed E-state index contributed by atoms with van der Waals surface area (Å²) in [6, 6.07) is 8.42. The topological polar surface area (TPSA) is 25.8 Å². The fourth-order valence-electron chi connectivity index (χ4n) is 4.38. The molecular formula is C20H26N2. The lowest BCUT2D eigenvalue weighted by Gasteiger charge is -2.28. The van der Waals surface area contributed by atoms with Crippen molar-refractivity contribution in [1.82, 2.24) is 9.97 Å². The molecule has 2 nitrogen and oxygen atoms in total. The first-order valence-electron chi connectivity index (χ1n) is 9.18. The van der Waals surface area contributed by atoms with E-state index in [4.69, 9.17) is 9.97 Å². The number of hydrogen-bond donors (Lipinski definition) is 0. The molecule has 0 spiro atoms. The minimum atomic E-state index is 0.655. The Labute approximate surface area is 133 Å². The van der Waals surface area contributed by atoms with Crippen LogP contribution in [0.25, 0.3) is 11.0 Å². The lowest BCUT2D eigenvalue weighted by molar-refractivity contribution is 0.408. The van der Waals surface area contributed by atoms with Crippen LogP contribution in [0.4, 0.5) is 0 Å². The first-order chi connectivity index (χ1) is 10.9. The van der Waals surface area contributed by atoms with Gasteiger partial charge in [0, 0.05) is 11.8 Å². The van der Waals surface area contributed by atoms with Gasteiger partial charge in [0.15, 0.2) is 0 Å².